The topological polar surface area (TPSA) is 49.4 Å². The van der Waals surface area contributed by atoms with Crippen LogP contribution in [0.4, 0.5) is 4.39 Å². The van der Waals surface area contributed by atoms with Crippen molar-refractivity contribution in [3.63, 3.8) is 0 Å². The van der Waals surface area contributed by atoms with Gasteiger partial charge in [-0.05, 0) is 37.6 Å². The van der Waals surface area contributed by atoms with Crippen LogP contribution in [0.3, 0.4) is 0 Å². The monoisotopic (exact) mass is 312 g/mol. The van der Waals surface area contributed by atoms with Crippen molar-refractivity contribution in [3.05, 3.63) is 41.7 Å². The molecule has 0 amide bonds. The highest BCUT2D eigenvalue weighted by atomic mass is 32.2. The Bertz CT molecular complexity index is 614. The average Bonchev–Trinajstić information content (AvgIpc) is 2.50. The fourth-order valence-electron chi connectivity index (χ4n) is 2.23. The Morgan fingerprint density at radius 1 is 1.33 bits per heavy atom. The lowest BCUT2D eigenvalue weighted by Crippen LogP contribution is -2.33. The van der Waals surface area contributed by atoms with Gasteiger partial charge in [-0.1, -0.05) is 19.1 Å². The van der Waals surface area contributed by atoms with Gasteiger partial charge in [-0.3, -0.25) is 0 Å². The zero-order valence-electron chi connectivity index (χ0n) is 12.2. The molecular formula is C15H21FN2O2S. The third kappa shape index (κ3) is 3.90. The smallest absolute Gasteiger partial charge is 0.243 e. The number of nitrogens with zero attached hydrogens (tertiary/aromatic N) is 1. The molecule has 0 radical (unpaired) electrons. The van der Waals surface area contributed by atoms with Crippen molar-refractivity contribution in [2.75, 3.05) is 19.6 Å². The van der Waals surface area contributed by atoms with Gasteiger partial charge in [-0.2, -0.15) is 4.31 Å². The van der Waals surface area contributed by atoms with Gasteiger partial charge in [0.15, 0.2) is 0 Å². The number of benzene rings is 1. The normalized spacial score (nSPS) is 16.3. The van der Waals surface area contributed by atoms with E-state index in [2.05, 4.69) is 5.32 Å². The van der Waals surface area contributed by atoms with Crippen molar-refractivity contribution < 1.29 is 12.8 Å². The van der Waals surface area contributed by atoms with E-state index in [0.717, 1.165) is 13.0 Å². The minimum atomic E-state index is -3.54. The summed E-state index contributed by atoms with van der Waals surface area (Å²) in [6.07, 6.45) is 5.47. The van der Waals surface area contributed by atoms with E-state index in [4.69, 9.17) is 0 Å². The lowest BCUT2D eigenvalue weighted by molar-refractivity contribution is 0.437. The van der Waals surface area contributed by atoms with Crippen LogP contribution < -0.4 is 5.32 Å². The Morgan fingerprint density at radius 3 is 2.81 bits per heavy atom. The largest absolute Gasteiger partial charge is 0.313 e. The predicted octanol–water partition coefficient (Wildman–Crippen LogP) is 2.28. The van der Waals surface area contributed by atoms with Gasteiger partial charge in [0, 0.05) is 25.2 Å². The molecule has 1 aromatic rings. The molecule has 116 valence electrons. The molecule has 0 spiro atoms. The van der Waals surface area contributed by atoms with Crippen LogP contribution in [0.1, 0.15) is 25.3 Å². The maximum absolute atomic E-state index is 13.8. The zero-order chi connectivity index (χ0) is 15.3. The third-order valence-corrected chi connectivity index (χ3v) is 5.28. The molecule has 1 N–H and O–H groups in total. The molecule has 21 heavy (non-hydrogen) atoms. The molecule has 2 rings (SSSR count). The van der Waals surface area contributed by atoms with Crippen LogP contribution in [0.2, 0.25) is 0 Å². The molecule has 6 heteroatoms. The van der Waals surface area contributed by atoms with Crippen LogP contribution in [0.5, 0.6) is 0 Å². The molecule has 1 aromatic carbocycles. The molecule has 0 bridgehead atoms. The maximum Gasteiger partial charge on any atom is 0.243 e. The Kier molecular flexibility index (Phi) is 5.50. The second kappa shape index (κ2) is 7.15. The average molecular weight is 312 g/mol. The SMILES string of the molecule is CCCNCc1cc(S(=O)(=O)N2CC=CCC2)ccc1F. The molecule has 1 heterocycles. The van der Waals surface area contributed by atoms with E-state index in [1.165, 1.54) is 22.5 Å². The van der Waals surface area contributed by atoms with Crippen LogP contribution >= 0.6 is 0 Å². The van der Waals surface area contributed by atoms with E-state index in [1.807, 2.05) is 19.1 Å². The summed E-state index contributed by atoms with van der Waals surface area (Å²) in [5.41, 5.74) is 0.386. The van der Waals surface area contributed by atoms with Crippen molar-refractivity contribution in [3.8, 4) is 0 Å². The molecule has 1 aliphatic rings. The van der Waals surface area contributed by atoms with Gasteiger partial charge in [0.1, 0.15) is 5.82 Å². The van der Waals surface area contributed by atoms with Crippen molar-refractivity contribution in [2.45, 2.75) is 31.2 Å². The number of sulfonamides is 1. The number of hydrogen-bond donors (Lipinski definition) is 1. The van der Waals surface area contributed by atoms with E-state index in [9.17, 15) is 12.8 Å². The highest BCUT2D eigenvalue weighted by molar-refractivity contribution is 7.89. The first-order chi connectivity index (χ1) is 10.1. The fraction of sp³-hybridized carbons (Fsp3) is 0.467. The lowest BCUT2D eigenvalue weighted by atomic mass is 10.2. The van der Waals surface area contributed by atoms with Crippen LogP contribution in [0, 0.1) is 5.82 Å². The predicted molar refractivity (Wildman–Crippen MR) is 80.9 cm³/mol. The summed E-state index contributed by atoms with van der Waals surface area (Å²) in [5.74, 6) is -0.379. The van der Waals surface area contributed by atoms with Crippen LogP contribution in [0.15, 0.2) is 35.2 Å². The van der Waals surface area contributed by atoms with E-state index in [0.29, 0.717) is 31.6 Å². The first-order valence-electron chi connectivity index (χ1n) is 7.20. The van der Waals surface area contributed by atoms with Crippen molar-refractivity contribution in [2.24, 2.45) is 0 Å². The molecule has 0 saturated heterocycles. The van der Waals surface area contributed by atoms with Gasteiger partial charge in [0.05, 0.1) is 4.90 Å². The standard InChI is InChI=1S/C15H21FN2O2S/c1-2-8-17-12-13-11-14(6-7-15(13)16)21(19,20)18-9-4-3-5-10-18/h3-4,6-7,11,17H,2,5,8-10,12H2,1H3. The van der Waals surface area contributed by atoms with Gasteiger partial charge in [0.25, 0.3) is 0 Å². The van der Waals surface area contributed by atoms with Gasteiger partial charge < -0.3 is 5.32 Å². The van der Waals surface area contributed by atoms with Gasteiger partial charge in [-0.15, -0.1) is 0 Å². The highest BCUT2D eigenvalue weighted by Crippen LogP contribution is 2.20. The van der Waals surface area contributed by atoms with Crippen molar-refractivity contribution >= 4 is 10.0 Å². The maximum atomic E-state index is 13.8. The molecular weight excluding hydrogens is 291 g/mol. The summed E-state index contributed by atoms with van der Waals surface area (Å²) >= 11 is 0. The zero-order valence-corrected chi connectivity index (χ0v) is 13.0. The molecule has 1 aliphatic heterocycles. The minimum Gasteiger partial charge on any atom is -0.313 e. The molecule has 0 atom stereocenters. The second-order valence-corrected chi connectivity index (χ2v) is 6.99. The van der Waals surface area contributed by atoms with E-state index in [1.54, 1.807) is 0 Å². The number of hydrogen-bond acceptors (Lipinski definition) is 3. The van der Waals surface area contributed by atoms with Gasteiger partial charge in [0.2, 0.25) is 10.0 Å². The van der Waals surface area contributed by atoms with E-state index in [-0.39, 0.29) is 10.7 Å². The molecule has 0 aromatic heterocycles. The van der Waals surface area contributed by atoms with Crippen molar-refractivity contribution in [1.82, 2.24) is 9.62 Å². The fourth-order valence-corrected chi connectivity index (χ4v) is 3.69. The third-order valence-electron chi connectivity index (χ3n) is 3.42. The Balaban J connectivity index is 2.22. The van der Waals surface area contributed by atoms with E-state index >= 15 is 0 Å². The van der Waals surface area contributed by atoms with Crippen LogP contribution in [0.25, 0.3) is 0 Å². The quantitative estimate of drug-likeness (QED) is 0.647. The molecule has 0 aliphatic carbocycles. The Hall–Kier alpha value is -1.24. The van der Waals surface area contributed by atoms with Gasteiger partial charge >= 0.3 is 0 Å². The number of rotatable bonds is 6. The summed E-state index contributed by atoms with van der Waals surface area (Å²) in [4.78, 5) is 0.160. The van der Waals surface area contributed by atoms with Gasteiger partial charge in [-0.25, -0.2) is 12.8 Å². The Morgan fingerprint density at radius 2 is 2.14 bits per heavy atom. The lowest BCUT2D eigenvalue weighted by Gasteiger charge is -2.23. The van der Waals surface area contributed by atoms with Crippen LogP contribution in [-0.4, -0.2) is 32.4 Å². The van der Waals surface area contributed by atoms with Crippen LogP contribution in [-0.2, 0) is 16.6 Å². The first-order valence-corrected chi connectivity index (χ1v) is 8.64. The molecule has 0 fully saturated rings. The molecule has 4 nitrogen and oxygen atoms in total. The molecule has 0 saturated carbocycles. The summed E-state index contributed by atoms with van der Waals surface area (Å²) in [7, 11) is -3.54. The summed E-state index contributed by atoms with van der Waals surface area (Å²) in [6.45, 7) is 3.98. The minimum absolute atomic E-state index is 0.160. The number of halogens is 1. The Labute approximate surface area is 125 Å². The van der Waals surface area contributed by atoms with Crippen molar-refractivity contribution in [1.29, 1.82) is 0 Å². The van der Waals surface area contributed by atoms with E-state index < -0.39 is 10.0 Å². The summed E-state index contributed by atoms with van der Waals surface area (Å²) < 4.78 is 40.2. The summed E-state index contributed by atoms with van der Waals surface area (Å²) in [5, 5.41) is 3.09. The number of nitrogens with one attached hydrogen (secondary N) is 1. The second-order valence-electron chi connectivity index (χ2n) is 5.05. The first kappa shape index (κ1) is 16.1. The summed E-state index contributed by atoms with van der Waals surface area (Å²) in [6, 6.07) is 4.01. The highest BCUT2D eigenvalue weighted by Gasteiger charge is 2.25. The molecule has 0 unspecified atom stereocenters.